The maximum absolute atomic E-state index is 6.12. The highest BCUT2D eigenvalue weighted by atomic mass is 16.5. The largest absolute Gasteiger partial charge is 0.492 e. The summed E-state index contributed by atoms with van der Waals surface area (Å²) in [6, 6.07) is 23.8. The Bertz CT molecular complexity index is 930. The zero-order valence-corrected chi connectivity index (χ0v) is 18.0. The number of aromatic nitrogens is 1. The number of pyridine rings is 1. The number of hydrogen-bond donors (Lipinski definition) is 0. The van der Waals surface area contributed by atoms with Crippen LogP contribution in [0.15, 0.2) is 72.9 Å². The maximum Gasteiger partial charge on any atom is 0.128 e. The van der Waals surface area contributed by atoms with Crippen LogP contribution in [0.3, 0.4) is 0 Å². The van der Waals surface area contributed by atoms with Gasteiger partial charge in [0.1, 0.15) is 18.2 Å². The third kappa shape index (κ3) is 4.82. The quantitative estimate of drug-likeness (QED) is 0.525. The summed E-state index contributed by atoms with van der Waals surface area (Å²) in [7, 11) is 2.05. The summed E-state index contributed by atoms with van der Waals surface area (Å²) in [6.45, 7) is 5.82. The zero-order chi connectivity index (χ0) is 20.8. The van der Waals surface area contributed by atoms with Crippen LogP contribution in [-0.2, 0) is 13.0 Å². The number of rotatable bonds is 8. The van der Waals surface area contributed by atoms with Gasteiger partial charge < -0.3 is 9.64 Å². The third-order valence-corrected chi connectivity index (χ3v) is 5.94. The molecule has 30 heavy (non-hydrogen) atoms. The molecule has 1 atom stereocenters. The summed E-state index contributed by atoms with van der Waals surface area (Å²) in [6.07, 6.45) is 4.02. The van der Waals surface area contributed by atoms with E-state index in [2.05, 4.69) is 70.2 Å². The number of ether oxygens (including phenoxy) is 1. The monoisotopic (exact) mass is 401 g/mol. The lowest BCUT2D eigenvalue weighted by Gasteiger charge is -2.37. The van der Waals surface area contributed by atoms with Gasteiger partial charge in [-0.2, -0.15) is 0 Å². The molecular formula is C26H31N3O. The molecule has 1 aliphatic heterocycles. The smallest absolute Gasteiger partial charge is 0.128 e. The molecule has 4 heteroatoms. The maximum atomic E-state index is 6.12. The molecule has 2 heterocycles. The van der Waals surface area contributed by atoms with Crippen molar-refractivity contribution in [2.45, 2.75) is 32.4 Å². The second-order valence-corrected chi connectivity index (χ2v) is 7.95. The molecule has 1 unspecified atom stereocenters. The van der Waals surface area contributed by atoms with Crippen molar-refractivity contribution in [3.63, 3.8) is 0 Å². The Morgan fingerprint density at radius 1 is 1.07 bits per heavy atom. The highest BCUT2D eigenvalue weighted by Crippen LogP contribution is 2.35. The van der Waals surface area contributed by atoms with E-state index in [0.717, 1.165) is 44.0 Å². The summed E-state index contributed by atoms with van der Waals surface area (Å²) in [5, 5.41) is 0. The van der Waals surface area contributed by atoms with Gasteiger partial charge in [-0.05, 0) is 53.8 Å². The van der Waals surface area contributed by atoms with Crippen molar-refractivity contribution in [2.75, 3.05) is 31.6 Å². The van der Waals surface area contributed by atoms with Crippen LogP contribution in [0.1, 0.15) is 36.1 Å². The fourth-order valence-electron chi connectivity index (χ4n) is 4.30. The van der Waals surface area contributed by atoms with Gasteiger partial charge in [-0.15, -0.1) is 0 Å². The molecule has 3 aromatic rings. The van der Waals surface area contributed by atoms with E-state index in [1.54, 1.807) is 0 Å². The Labute approximate surface area is 180 Å². The lowest BCUT2D eigenvalue weighted by Crippen LogP contribution is -2.34. The topological polar surface area (TPSA) is 28.6 Å². The van der Waals surface area contributed by atoms with Crippen LogP contribution in [-0.4, -0.2) is 36.6 Å². The van der Waals surface area contributed by atoms with Gasteiger partial charge in [0, 0.05) is 32.4 Å². The lowest BCUT2D eigenvalue weighted by molar-refractivity contribution is 0.171. The Morgan fingerprint density at radius 2 is 1.90 bits per heavy atom. The standard InChI is InChI=1S/C26H31N3O/c1-3-25-24-19-23(30-18-17-28(2)26-11-7-8-15-27-26)13-12-22(24)14-16-29(25)20-21-9-5-4-6-10-21/h4-13,15,19,25H,3,14,16-18,20H2,1-2H3. The van der Waals surface area contributed by atoms with Crippen molar-refractivity contribution < 1.29 is 4.74 Å². The Kier molecular flexibility index (Phi) is 6.65. The number of fused-ring (bicyclic) bond motifs is 1. The van der Waals surface area contributed by atoms with Crippen molar-refractivity contribution in [3.05, 3.63) is 89.6 Å². The first kappa shape index (κ1) is 20.4. The molecule has 0 saturated carbocycles. The lowest BCUT2D eigenvalue weighted by atomic mass is 9.90. The van der Waals surface area contributed by atoms with Crippen LogP contribution in [0.2, 0.25) is 0 Å². The molecule has 1 aromatic heterocycles. The van der Waals surface area contributed by atoms with Crippen LogP contribution in [0.25, 0.3) is 0 Å². The molecule has 1 aliphatic rings. The molecule has 0 fully saturated rings. The predicted molar refractivity (Wildman–Crippen MR) is 123 cm³/mol. The normalized spacial score (nSPS) is 16.1. The minimum atomic E-state index is 0.439. The molecule has 0 N–H and O–H groups in total. The summed E-state index contributed by atoms with van der Waals surface area (Å²) in [5.74, 6) is 1.93. The molecular weight excluding hydrogens is 370 g/mol. The van der Waals surface area contributed by atoms with E-state index in [1.807, 2.05) is 31.4 Å². The highest BCUT2D eigenvalue weighted by Gasteiger charge is 2.26. The van der Waals surface area contributed by atoms with Crippen LogP contribution in [0, 0.1) is 0 Å². The molecule has 0 radical (unpaired) electrons. The number of hydrogen-bond acceptors (Lipinski definition) is 4. The van der Waals surface area contributed by atoms with Gasteiger partial charge in [0.15, 0.2) is 0 Å². The summed E-state index contributed by atoms with van der Waals surface area (Å²) in [5.41, 5.74) is 4.27. The first-order valence-corrected chi connectivity index (χ1v) is 10.9. The van der Waals surface area contributed by atoms with E-state index in [1.165, 1.54) is 16.7 Å². The van der Waals surface area contributed by atoms with Crippen LogP contribution in [0.4, 0.5) is 5.82 Å². The number of nitrogens with zero attached hydrogens (tertiary/aromatic N) is 3. The molecule has 4 rings (SSSR count). The predicted octanol–water partition coefficient (Wildman–Crippen LogP) is 5.11. The van der Waals surface area contributed by atoms with Crippen LogP contribution in [0.5, 0.6) is 5.75 Å². The van der Waals surface area contributed by atoms with Crippen LogP contribution < -0.4 is 9.64 Å². The van der Waals surface area contributed by atoms with E-state index in [0.29, 0.717) is 12.6 Å². The number of likely N-dealkylation sites (N-methyl/N-ethyl adjacent to an activating group) is 1. The van der Waals surface area contributed by atoms with Gasteiger partial charge in [0.25, 0.3) is 0 Å². The summed E-state index contributed by atoms with van der Waals surface area (Å²) < 4.78 is 6.12. The molecule has 0 bridgehead atoms. The molecule has 156 valence electrons. The SMILES string of the molecule is CCC1c2cc(OCCN(C)c3ccccn3)ccc2CCN1Cc1ccccc1. The van der Waals surface area contributed by atoms with E-state index < -0.39 is 0 Å². The van der Waals surface area contributed by atoms with Gasteiger partial charge in [-0.1, -0.05) is 49.4 Å². The first-order valence-electron chi connectivity index (χ1n) is 10.9. The van der Waals surface area contributed by atoms with Crippen molar-refractivity contribution in [2.24, 2.45) is 0 Å². The minimum absolute atomic E-state index is 0.439. The van der Waals surface area contributed by atoms with E-state index in [-0.39, 0.29) is 0 Å². The third-order valence-electron chi connectivity index (χ3n) is 5.94. The molecule has 4 nitrogen and oxygen atoms in total. The average molecular weight is 402 g/mol. The molecule has 0 saturated heterocycles. The Morgan fingerprint density at radius 3 is 2.67 bits per heavy atom. The van der Waals surface area contributed by atoms with Crippen LogP contribution >= 0.6 is 0 Å². The minimum Gasteiger partial charge on any atom is -0.492 e. The Hall–Kier alpha value is -2.85. The summed E-state index contributed by atoms with van der Waals surface area (Å²) >= 11 is 0. The van der Waals surface area contributed by atoms with Crippen molar-refractivity contribution in [3.8, 4) is 5.75 Å². The molecule has 0 amide bonds. The second kappa shape index (κ2) is 9.77. The highest BCUT2D eigenvalue weighted by molar-refractivity contribution is 5.40. The molecule has 2 aromatic carbocycles. The fourth-order valence-corrected chi connectivity index (χ4v) is 4.30. The Balaban J connectivity index is 1.41. The van der Waals surface area contributed by atoms with Gasteiger partial charge in [-0.3, -0.25) is 4.90 Å². The van der Waals surface area contributed by atoms with Crippen molar-refractivity contribution in [1.29, 1.82) is 0 Å². The zero-order valence-electron chi connectivity index (χ0n) is 18.0. The molecule has 0 spiro atoms. The average Bonchev–Trinajstić information content (AvgIpc) is 2.80. The van der Waals surface area contributed by atoms with Gasteiger partial charge in [0.2, 0.25) is 0 Å². The number of anilines is 1. The van der Waals surface area contributed by atoms with Gasteiger partial charge in [-0.25, -0.2) is 4.98 Å². The first-order chi connectivity index (χ1) is 14.7. The number of benzene rings is 2. The van der Waals surface area contributed by atoms with Gasteiger partial charge >= 0.3 is 0 Å². The van der Waals surface area contributed by atoms with E-state index >= 15 is 0 Å². The van der Waals surface area contributed by atoms with Crippen molar-refractivity contribution >= 4 is 5.82 Å². The van der Waals surface area contributed by atoms with Crippen molar-refractivity contribution in [1.82, 2.24) is 9.88 Å². The van der Waals surface area contributed by atoms with E-state index in [4.69, 9.17) is 4.74 Å². The van der Waals surface area contributed by atoms with E-state index in [9.17, 15) is 0 Å². The summed E-state index contributed by atoms with van der Waals surface area (Å²) in [4.78, 5) is 9.12. The molecule has 0 aliphatic carbocycles. The van der Waals surface area contributed by atoms with Gasteiger partial charge in [0.05, 0.1) is 6.54 Å². The fraction of sp³-hybridized carbons (Fsp3) is 0.346. The second-order valence-electron chi connectivity index (χ2n) is 7.95.